The Morgan fingerprint density at radius 1 is 1.00 bits per heavy atom. The quantitative estimate of drug-likeness (QED) is 0.233. The summed E-state index contributed by atoms with van der Waals surface area (Å²) < 4.78 is 52.8. The highest BCUT2D eigenvalue weighted by atomic mass is 19.4. The van der Waals surface area contributed by atoms with Crippen molar-refractivity contribution in [2.24, 2.45) is 0 Å². The number of alkyl halides is 3. The van der Waals surface area contributed by atoms with Crippen LogP contribution in [0.4, 0.5) is 13.2 Å². The predicted molar refractivity (Wildman–Crippen MR) is 102 cm³/mol. The number of ketones is 1. The summed E-state index contributed by atoms with van der Waals surface area (Å²) in [5.41, 5.74) is -1.54. The van der Waals surface area contributed by atoms with Gasteiger partial charge in [-0.05, 0) is 42.0 Å². The minimum absolute atomic E-state index is 0.123. The Labute approximate surface area is 178 Å². The van der Waals surface area contributed by atoms with Crippen molar-refractivity contribution in [1.82, 2.24) is 0 Å². The highest BCUT2D eigenvalue weighted by Gasteiger charge is 2.33. The number of phenols is 1. The number of methoxy groups -OCH3 is 1. The molecule has 0 radical (unpaired) electrons. The standard InChI is InChI=1S/C21H15F3O8/c1-11(25)19(28)31-16-10-13(21(22,23)24)5-6-14(16)20(29)32-18(27)8-4-12-3-7-15(26)17(9-12)30-2/h3-10,26H,1-2H3/b8-4+. The number of halogens is 3. The van der Waals surface area contributed by atoms with Crippen molar-refractivity contribution in [2.45, 2.75) is 13.1 Å². The molecule has 0 unspecified atom stereocenters. The Morgan fingerprint density at radius 3 is 2.28 bits per heavy atom. The average molecular weight is 452 g/mol. The van der Waals surface area contributed by atoms with Gasteiger partial charge in [0.25, 0.3) is 0 Å². The van der Waals surface area contributed by atoms with Gasteiger partial charge in [-0.3, -0.25) is 4.79 Å². The van der Waals surface area contributed by atoms with E-state index in [9.17, 15) is 37.5 Å². The molecule has 0 spiro atoms. The van der Waals surface area contributed by atoms with Crippen LogP contribution in [-0.4, -0.2) is 35.9 Å². The summed E-state index contributed by atoms with van der Waals surface area (Å²) in [4.78, 5) is 46.8. The molecule has 0 atom stereocenters. The van der Waals surface area contributed by atoms with Crippen LogP contribution in [-0.2, 0) is 25.3 Å². The molecule has 2 rings (SSSR count). The highest BCUT2D eigenvalue weighted by molar-refractivity contribution is 6.33. The van der Waals surface area contributed by atoms with Crippen molar-refractivity contribution in [1.29, 1.82) is 0 Å². The zero-order valence-corrected chi connectivity index (χ0v) is 16.6. The summed E-state index contributed by atoms with van der Waals surface area (Å²) in [6.07, 6.45) is -2.76. The van der Waals surface area contributed by atoms with E-state index in [1.807, 2.05) is 0 Å². The van der Waals surface area contributed by atoms with Crippen LogP contribution in [0.1, 0.15) is 28.4 Å². The molecule has 11 heteroatoms. The molecule has 8 nitrogen and oxygen atoms in total. The van der Waals surface area contributed by atoms with Gasteiger partial charge < -0.3 is 19.3 Å². The lowest BCUT2D eigenvalue weighted by Gasteiger charge is -2.12. The number of carbonyl (C=O) groups excluding carboxylic acids is 4. The lowest BCUT2D eigenvalue weighted by molar-refractivity contribution is -0.146. The molecule has 168 valence electrons. The molecular formula is C21H15F3O8. The first-order chi connectivity index (χ1) is 14.9. The van der Waals surface area contributed by atoms with Crippen molar-refractivity contribution >= 4 is 29.8 Å². The van der Waals surface area contributed by atoms with E-state index in [0.29, 0.717) is 23.8 Å². The van der Waals surface area contributed by atoms with E-state index in [0.717, 1.165) is 13.0 Å². The van der Waals surface area contributed by atoms with Crippen LogP contribution in [0.3, 0.4) is 0 Å². The Balaban J connectivity index is 2.24. The maximum absolute atomic E-state index is 12.9. The van der Waals surface area contributed by atoms with Gasteiger partial charge in [-0.2, -0.15) is 13.2 Å². The zero-order valence-electron chi connectivity index (χ0n) is 16.6. The van der Waals surface area contributed by atoms with Crippen LogP contribution in [0.15, 0.2) is 42.5 Å². The van der Waals surface area contributed by atoms with E-state index >= 15 is 0 Å². The van der Waals surface area contributed by atoms with Gasteiger partial charge >= 0.3 is 24.1 Å². The number of benzene rings is 2. The summed E-state index contributed by atoms with van der Waals surface area (Å²) in [6, 6.07) is 5.61. The third-order valence-electron chi connectivity index (χ3n) is 3.83. The molecule has 0 aliphatic heterocycles. The van der Waals surface area contributed by atoms with Gasteiger partial charge in [0.15, 0.2) is 11.5 Å². The van der Waals surface area contributed by atoms with Crippen LogP contribution < -0.4 is 9.47 Å². The molecule has 0 amide bonds. The molecule has 0 bridgehead atoms. The third kappa shape index (κ3) is 6.17. The monoisotopic (exact) mass is 452 g/mol. The minimum Gasteiger partial charge on any atom is -0.504 e. The normalized spacial score (nSPS) is 11.2. The molecule has 0 aromatic heterocycles. The second kappa shape index (κ2) is 9.77. The molecule has 0 heterocycles. The fourth-order valence-corrected chi connectivity index (χ4v) is 2.27. The Morgan fingerprint density at radius 2 is 1.69 bits per heavy atom. The average Bonchev–Trinajstić information content (AvgIpc) is 2.72. The van der Waals surface area contributed by atoms with E-state index in [-0.39, 0.29) is 11.5 Å². The first-order valence-electron chi connectivity index (χ1n) is 8.67. The van der Waals surface area contributed by atoms with Crippen molar-refractivity contribution in [3.8, 4) is 17.2 Å². The van der Waals surface area contributed by atoms with E-state index in [2.05, 4.69) is 9.47 Å². The number of aromatic hydroxyl groups is 1. The molecule has 0 aliphatic carbocycles. The number of hydrogen-bond donors (Lipinski definition) is 1. The fraction of sp³-hybridized carbons (Fsp3) is 0.143. The Hall–Kier alpha value is -4.15. The lowest BCUT2D eigenvalue weighted by atomic mass is 10.1. The summed E-state index contributed by atoms with van der Waals surface area (Å²) in [5, 5.41) is 9.54. The molecule has 0 aliphatic rings. The Bertz CT molecular complexity index is 1100. The molecule has 0 fully saturated rings. The number of ether oxygens (including phenoxy) is 3. The molecule has 1 N–H and O–H groups in total. The van der Waals surface area contributed by atoms with Crippen LogP contribution >= 0.6 is 0 Å². The molecular weight excluding hydrogens is 437 g/mol. The lowest BCUT2D eigenvalue weighted by Crippen LogP contribution is -2.20. The molecule has 0 saturated carbocycles. The topological polar surface area (TPSA) is 116 Å². The molecule has 2 aromatic rings. The van der Waals surface area contributed by atoms with Gasteiger partial charge in [0.1, 0.15) is 11.3 Å². The zero-order chi connectivity index (χ0) is 24.1. The number of carbonyl (C=O) groups is 4. The maximum Gasteiger partial charge on any atom is 0.416 e. The van der Waals surface area contributed by atoms with Gasteiger partial charge in [0.05, 0.1) is 12.7 Å². The van der Waals surface area contributed by atoms with Crippen molar-refractivity contribution in [3.63, 3.8) is 0 Å². The number of esters is 3. The summed E-state index contributed by atoms with van der Waals surface area (Å²) >= 11 is 0. The van der Waals surface area contributed by atoms with Crippen LogP contribution in [0.25, 0.3) is 6.08 Å². The van der Waals surface area contributed by atoms with Gasteiger partial charge in [-0.15, -0.1) is 0 Å². The van der Waals surface area contributed by atoms with Crippen LogP contribution in [0, 0.1) is 0 Å². The fourth-order valence-electron chi connectivity index (χ4n) is 2.27. The summed E-state index contributed by atoms with van der Waals surface area (Å²) in [7, 11) is 1.32. The summed E-state index contributed by atoms with van der Waals surface area (Å²) in [6.45, 7) is 0.820. The van der Waals surface area contributed by atoms with E-state index in [1.165, 1.54) is 31.4 Å². The molecule has 2 aromatic carbocycles. The number of hydrogen-bond acceptors (Lipinski definition) is 8. The van der Waals surface area contributed by atoms with Crippen molar-refractivity contribution in [2.75, 3.05) is 7.11 Å². The molecule has 0 saturated heterocycles. The van der Waals surface area contributed by atoms with Crippen molar-refractivity contribution in [3.05, 3.63) is 59.2 Å². The maximum atomic E-state index is 12.9. The molecule has 32 heavy (non-hydrogen) atoms. The summed E-state index contributed by atoms with van der Waals surface area (Å²) in [5.74, 6) is -6.15. The first-order valence-corrected chi connectivity index (χ1v) is 8.67. The number of Topliss-reactive ketones (excluding diaryl/α,β-unsaturated/α-hetero) is 1. The van der Waals surface area contributed by atoms with Gasteiger partial charge in [0.2, 0.25) is 5.78 Å². The van der Waals surface area contributed by atoms with Gasteiger partial charge in [0, 0.05) is 13.0 Å². The smallest absolute Gasteiger partial charge is 0.416 e. The van der Waals surface area contributed by atoms with Crippen LogP contribution in [0.5, 0.6) is 17.2 Å². The first kappa shape index (κ1) is 24.1. The largest absolute Gasteiger partial charge is 0.504 e. The number of rotatable bonds is 6. The van der Waals surface area contributed by atoms with Gasteiger partial charge in [-0.1, -0.05) is 6.07 Å². The predicted octanol–water partition coefficient (Wildman–Crippen LogP) is 3.31. The second-order valence-electron chi connectivity index (χ2n) is 6.13. The van der Waals surface area contributed by atoms with E-state index in [1.54, 1.807) is 0 Å². The van der Waals surface area contributed by atoms with Gasteiger partial charge in [-0.25, -0.2) is 14.4 Å². The third-order valence-corrected chi connectivity index (χ3v) is 3.83. The second-order valence-corrected chi connectivity index (χ2v) is 6.13. The highest BCUT2D eigenvalue weighted by Crippen LogP contribution is 2.33. The minimum atomic E-state index is -4.83. The Kier molecular flexibility index (Phi) is 7.37. The van der Waals surface area contributed by atoms with Crippen molar-refractivity contribution < 1.29 is 51.7 Å². The van der Waals surface area contributed by atoms with E-state index < -0.39 is 46.7 Å². The van der Waals surface area contributed by atoms with E-state index in [4.69, 9.17) is 4.74 Å². The SMILES string of the molecule is COc1cc(/C=C/C(=O)OC(=O)c2ccc(C(F)(F)F)cc2OC(=O)C(C)=O)ccc1O. The number of phenolic OH excluding ortho intramolecular Hbond substituents is 1. The van der Waals surface area contributed by atoms with Crippen LogP contribution in [0.2, 0.25) is 0 Å².